The van der Waals surface area contributed by atoms with Crippen LogP contribution in [0.2, 0.25) is 0 Å². The molecule has 2 heterocycles. The van der Waals surface area contributed by atoms with Crippen LogP contribution in [0.15, 0.2) is 12.4 Å². The first kappa shape index (κ1) is 12.6. The number of amides is 1. The minimum Gasteiger partial charge on any atom is -0.373 e. The quantitative estimate of drug-likeness (QED) is 0.822. The molecule has 0 spiro atoms. The average Bonchev–Trinajstić information content (AvgIpc) is 2.46. The lowest BCUT2D eigenvalue weighted by atomic mass is 10.0. The van der Waals surface area contributed by atoms with Gasteiger partial charge < -0.3 is 15.5 Å². The van der Waals surface area contributed by atoms with Crippen LogP contribution in [0.5, 0.6) is 0 Å². The summed E-state index contributed by atoms with van der Waals surface area (Å²) in [5.74, 6) is 1.63. The fourth-order valence-electron chi connectivity index (χ4n) is 2.29. The highest BCUT2D eigenvalue weighted by atomic mass is 16.2. The summed E-state index contributed by atoms with van der Waals surface area (Å²) in [6.07, 6.45) is 4.57. The van der Waals surface area contributed by atoms with Crippen LogP contribution in [-0.4, -0.2) is 42.6 Å². The SMILES string of the molecule is CNC(=O)C1CCCCN1c1cc(NC)ncn1. The molecule has 1 amide bonds. The zero-order valence-electron chi connectivity index (χ0n) is 10.8. The molecule has 1 fully saturated rings. The summed E-state index contributed by atoms with van der Waals surface area (Å²) in [4.78, 5) is 22.3. The maximum Gasteiger partial charge on any atom is 0.242 e. The smallest absolute Gasteiger partial charge is 0.242 e. The molecule has 98 valence electrons. The van der Waals surface area contributed by atoms with Crippen molar-refractivity contribution in [2.45, 2.75) is 25.3 Å². The molecule has 0 aliphatic carbocycles. The van der Waals surface area contributed by atoms with E-state index in [0.717, 1.165) is 37.4 Å². The molecule has 0 bridgehead atoms. The van der Waals surface area contributed by atoms with E-state index in [9.17, 15) is 4.79 Å². The summed E-state index contributed by atoms with van der Waals surface area (Å²) in [6.45, 7) is 0.859. The number of nitrogens with zero attached hydrogens (tertiary/aromatic N) is 3. The Morgan fingerprint density at radius 3 is 2.94 bits per heavy atom. The molecule has 1 saturated heterocycles. The largest absolute Gasteiger partial charge is 0.373 e. The number of aromatic nitrogens is 2. The van der Waals surface area contributed by atoms with Gasteiger partial charge in [-0.05, 0) is 19.3 Å². The molecule has 1 aromatic rings. The number of carbonyl (C=O) groups is 1. The van der Waals surface area contributed by atoms with Crippen molar-refractivity contribution in [3.05, 3.63) is 12.4 Å². The van der Waals surface area contributed by atoms with Gasteiger partial charge in [-0.25, -0.2) is 9.97 Å². The Morgan fingerprint density at radius 2 is 2.22 bits per heavy atom. The lowest BCUT2D eigenvalue weighted by Gasteiger charge is -2.35. The van der Waals surface area contributed by atoms with Gasteiger partial charge in [-0.15, -0.1) is 0 Å². The fraction of sp³-hybridized carbons (Fsp3) is 0.583. The molecule has 2 rings (SSSR count). The minimum absolute atomic E-state index is 0.0549. The van der Waals surface area contributed by atoms with Crippen molar-refractivity contribution < 1.29 is 4.79 Å². The predicted octanol–water partition coefficient (Wildman–Crippen LogP) is 0.623. The Hall–Kier alpha value is -1.85. The number of piperidine rings is 1. The Labute approximate surface area is 107 Å². The van der Waals surface area contributed by atoms with Gasteiger partial charge in [0.05, 0.1) is 0 Å². The molecule has 1 aliphatic heterocycles. The fourth-order valence-corrected chi connectivity index (χ4v) is 2.29. The highest BCUT2D eigenvalue weighted by Gasteiger charge is 2.29. The Bertz CT molecular complexity index is 423. The molecule has 6 heteroatoms. The number of anilines is 2. The third kappa shape index (κ3) is 2.52. The first-order valence-corrected chi connectivity index (χ1v) is 6.24. The first-order valence-electron chi connectivity index (χ1n) is 6.24. The minimum atomic E-state index is -0.122. The van der Waals surface area contributed by atoms with Gasteiger partial charge in [0.2, 0.25) is 5.91 Å². The van der Waals surface area contributed by atoms with Gasteiger partial charge in [-0.1, -0.05) is 0 Å². The number of carbonyl (C=O) groups excluding carboxylic acids is 1. The highest BCUT2D eigenvalue weighted by Crippen LogP contribution is 2.24. The number of hydrogen-bond donors (Lipinski definition) is 2. The summed E-state index contributed by atoms with van der Waals surface area (Å²) >= 11 is 0. The monoisotopic (exact) mass is 249 g/mol. The van der Waals surface area contributed by atoms with Crippen molar-refractivity contribution in [1.82, 2.24) is 15.3 Å². The van der Waals surface area contributed by atoms with E-state index < -0.39 is 0 Å². The molecule has 1 aliphatic rings. The van der Waals surface area contributed by atoms with Gasteiger partial charge in [0.1, 0.15) is 24.0 Å². The predicted molar refractivity (Wildman–Crippen MR) is 70.6 cm³/mol. The van der Waals surface area contributed by atoms with Crippen molar-refractivity contribution in [2.75, 3.05) is 30.9 Å². The van der Waals surface area contributed by atoms with Gasteiger partial charge in [-0.2, -0.15) is 0 Å². The number of likely N-dealkylation sites (N-methyl/N-ethyl adjacent to an activating group) is 1. The molecule has 0 saturated carbocycles. The summed E-state index contributed by atoms with van der Waals surface area (Å²) in [7, 11) is 3.49. The normalized spacial score (nSPS) is 19.4. The van der Waals surface area contributed by atoms with Crippen LogP contribution < -0.4 is 15.5 Å². The van der Waals surface area contributed by atoms with Crippen LogP contribution in [0.4, 0.5) is 11.6 Å². The van der Waals surface area contributed by atoms with Gasteiger partial charge in [0, 0.05) is 26.7 Å². The van der Waals surface area contributed by atoms with Crippen LogP contribution in [0, 0.1) is 0 Å². The molecule has 6 nitrogen and oxygen atoms in total. The van der Waals surface area contributed by atoms with Gasteiger partial charge in [-0.3, -0.25) is 4.79 Å². The highest BCUT2D eigenvalue weighted by molar-refractivity contribution is 5.85. The standard InChI is InChI=1S/C12H19N5O/c1-13-10-7-11(16-8-15-10)17-6-4-3-5-9(17)12(18)14-2/h7-9H,3-6H2,1-2H3,(H,14,18)(H,13,15,16). The van der Waals surface area contributed by atoms with E-state index in [-0.39, 0.29) is 11.9 Å². The van der Waals surface area contributed by atoms with Gasteiger partial charge in [0.25, 0.3) is 0 Å². The van der Waals surface area contributed by atoms with E-state index in [1.807, 2.05) is 13.1 Å². The number of hydrogen-bond acceptors (Lipinski definition) is 5. The van der Waals surface area contributed by atoms with E-state index in [4.69, 9.17) is 0 Å². The zero-order valence-corrected chi connectivity index (χ0v) is 10.8. The Morgan fingerprint density at radius 1 is 1.39 bits per heavy atom. The second-order valence-electron chi connectivity index (χ2n) is 4.33. The molecule has 1 unspecified atom stereocenters. The van der Waals surface area contributed by atoms with Crippen LogP contribution >= 0.6 is 0 Å². The van der Waals surface area contributed by atoms with Crippen molar-refractivity contribution in [1.29, 1.82) is 0 Å². The van der Waals surface area contributed by atoms with Crippen LogP contribution in [-0.2, 0) is 4.79 Å². The van der Waals surface area contributed by atoms with E-state index in [0.29, 0.717) is 0 Å². The van der Waals surface area contributed by atoms with Crippen molar-refractivity contribution in [3.8, 4) is 0 Å². The average molecular weight is 249 g/mol. The Balaban J connectivity index is 2.24. The topological polar surface area (TPSA) is 70.2 Å². The summed E-state index contributed by atoms with van der Waals surface area (Å²) in [5, 5.41) is 5.71. The summed E-state index contributed by atoms with van der Waals surface area (Å²) in [5.41, 5.74) is 0. The van der Waals surface area contributed by atoms with Crippen LogP contribution in [0.1, 0.15) is 19.3 Å². The molecular formula is C12H19N5O. The summed E-state index contributed by atoms with van der Waals surface area (Å²) < 4.78 is 0. The first-order chi connectivity index (χ1) is 8.76. The molecule has 0 aromatic carbocycles. The second kappa shape index (κ2) is 5.66. The third-order valence-corrected chi connectivity index (χ3v) is 3.25. The van der Waals surface area contributed by atoms with Crippen LogP contribution in [0.3, 0.4) is 0 Å². The molecule has 2 N–H and O–H groups in total. The molecular weight excluding hydrogens is 230 g/mol. The van der Waals surface area contributed by atoms with E-state index in [2.05, 4.69) is 25.5 Å². The van der Waals surface area contributed by atoms with Crippen molar-refractivity contribution >= 4 is 17.5 Å². The van der Waals surface area contributed by atoms with E-state index in [1.165, 1.54) is 6.33 Å². The second-order valence-corrected chi connectivity index (χ2v) is 4.33. The third-order valence-electron chi connectivity index (χ3n) is 3.25. The molecule has 0 radical (unpaired) electrons. The van der Waals surface area contributed by atoms with Crippen molar-refractivity contribution in [3.63, 3.8) is 0 Å². The van der Waals surface area contributed by atoms with E-state index >= 15 is 0 Å². The number of nitrogens with one attached hydrogen (secondary N) is 2. The zero-order chi connectivity index (χ0) is 13.0. The van der Waals surface area contributed by atoms with Crippen LogP contribution in [0.25, 0.3) is 0 Å². The maximum atomic E-state index is 11.9. The Kier molecular flexibility index (Phi) is 3.96. The molecule has 1 atom stereocenters. The van der Waals surface area contributed by atoms with Gasteiger partial charge >= 0.3 is 0 Å². The number of rotatable bonds is 3. The van der Waals surface area contributed by atoms with Gasteiger partial charge in [0.15, 0.2) is 0 Å². The summed E-state index contributed by atoms with van der Waals surface area (Å²) in [6, 6.07) is 1.75. The van der Waals surface area contributed by atoms with Crippen molar-refractivity contribution in [2.24, 2.45) is 0 Å². The van der Waals surface area contributed by atoms with E-state index in [1.54, 1.807) is 7.05 Å². The lowest BCUT2D eigenvalue weighted by molar-refractivity contribution is -0.122. The molecule has 18 heavy (non-hydrogen) atoms. The maximum absolute atomic E-state index is 11.9. The molecule has 1 aromatic heterocycles. The lowest BCUT2D eigenvalue weighted by Crippen LogP contribution is -2.49.